The first-order chi connectivity index (χ1) is 7.75. The average Bonchev–Trinajstić information content (AvgIpc) is 2.84. The van der Waals surface area contributed by atoms with Crippen molar-refractivity contribution in [3.63, 3.8) is 0 Å². The van der Waals surface area contributed by atoms with Gasteiger partial charge in [-0.25, -0.2) is 4.68 Å². The highest BCUT2D eigenvalue weighted by Gasteiger charge is 2.32. The maximum atomic E-state index is 4.07. The summed E-state index contributed by atoms with van der Waals surface area (Å²) in [4.78, 5) is 0. The standard InChI is InChI=1S/C12H14N4/c1-8-3-5-10(6-4-8)11-7-16-12(9(11)2)13-14-15-16/h3-6,9,11H,7H2,1-2H3/t9-,11+/m0/s1. The SMILES string of the molecule is Cc1ccc([C@@H]2Cn3nnnc3[C@H]2C)cc1. The van der Waals surface area contributed by atoms with Crippen LogP contribution >= 0.6 is 0 Å². The maximum absolute atomic E-state index is 4.07. The van der Waals surface area contributed by atoms with Gasteiger partial charge in [-0.15, -0.1) is 5.10 Å². The number of fused-ring (bicyclic) bond motifs is 1. The van der Waals surface area contributed by atoms with Gasteiger partial charge in [0.15, 0.2) is 5.82 Å². The molecular weight excluding hydrogens is 200 g/mol. The Hall–Kier alpha value is -1.71. The molecule has 0 radical (unpaired) electrons. The van der Waals surface area contributed by atoms with Crippen LogP contribution in [0, 0.1) is 6.92 Å². The second-order valence-corrected chi connectivity index (χ2v) is 4.53. The van der Waals surface area contributed by atoms with E-state index in [4.69, 9.17) is 0 Å². The molecule has 2 atom stereocenters. The Morgan fingerprint density at radius 3 is 2.69 bits per heavy atom. The molecule has 0 saturated heterocycles. The lowest BCUT2D eigenvalue weighted by atomic mass is 9.89. The van der Waals surface area contributed by atoms with Crippen LogP contribution < -0.4 is 0 Å². The van der Waals surface area contributed by atoms with Crippen molar-refractivity contribution in [2.75, 3.05) is 0 Å². The summed E-state index contributed by atoms with van der Waals surface area (Å²) in [5, 5.41) is 11.8. The minimum atomic E-state index is 0.401. The maximum Gasteiger partial charge on any atom is 0.154 e. The molecule has 4 nitrogen and oxygen atoms in total. The van der Waals surface area contributed by atoms with Crippen LogP contribution in [0.25, 0.3) is 0 Å². The molecule has 0 aliphatic carbocycles. The van der Waals surface area contributed by atoms with Crippen molar-refractivity contribution in [2.45, 2.75) is 32.2 Å². The Balaban J connectivity index is 1.94. The Morgan fingerprint density at radius 2 is 2.00 bits per heavy atom. The molecule has 1 aliphatic rings. The van der Waals surface area contributed by atoms with Crippen LogP contribution in [0.5, 0.6) is 0 Å². The minimum Gasteiger partial charge on any atom is -0.229 e. The van der Waals surface area contributed by atoms with E-state index in [0.717, 1.165) is 12.4 Å². The normalized spacial score (nSPS) is 23.4. The molecule has 16 heavy (non-hydrogen) atoms. The molecule has 0 N–H and O–H groups in total. The van der Waals surface area contributed by atoms with Gasteiger partial charge in [0, 0.05) is 11.8 Å². The van der Waals surface area contributed by atoms with Crippen LogP contribution in [0.2, 0.25) is 0 Å². The molecule has 1 aromatic heterocycles. The summed E-state index contributed by atoms with van der Waals surface area (Å²) < 4.78 is 1.91. The van der Waals surface area contributed by atoms with Crippen LogP contribution in [0.3, 0.4) is 0 Å². The van der Waals surface area contributed by atoms with E-state index >= 15 is 0 Å². The quantitative estimate of drug-likeness (QED) is 0.728. The Morgan fingerprint density at radius 1 is 1.25 bits per heavy atom. The van der Waals surface area contributed by atoms with Crippen molar-refractivity contribution in [1.82, 2.24) is 20.2 Å². The van der Waals surface area contributed by atoms with Crippen LogP contribution in [0.15, 0.2) is 24.3 Å². The number of benzene rings is 1. The van der Waals surface area contributed by atoms with E-state index in [1.54, 1.807) is 0 Å². The molecule has 1 aromatic carbocycles. The fraction of sp³-hybridized carbons (Fsp3) is 0.417. The molecule has 0 amide bonds. The van der Waals surface area contributed by atoms with E-state index in [-0.39, 0.29) is 0 Å². The summed E-state index contributed by atoms with van der Waals surface area (Å²) in [6, 6.07) is 8.73. The first-order valence-electron chi connectivity index (χ1n) is 5.58. The van der Waals surface area contributed by atoms with Crippen LogP contribution in [0.4, 0.5) is 0 Å². The lowest BCUT2D eigenvalue weighted by Gasteiger charge is -2.14. The number of aryl methyl sites for hydroxylation is 1. The van der Waals surface area contributed by atoms with Gasteiger partial charge >= 0.3 is 0 Å². The summed E-state index contributed by atoms with van der Waals surface area (Å²) in [7, 11) is 0. The molecule has 0 bridgehead atoms. The zero-order valence-corrected chi connectivity index (χ0v) is 9.46. The summed E-state index contributed by atoms with van der Waals surface area (Å²) in [5.74, 6) is 1.89. The Labute approximate surface area is 94.3 Å². The monoisotopic (exact) mass is 214 g/mol. The molecule has 0 spiro atoms. The Bertz CT molecular complexity index is 500. The van der Waals surface area contributed by atoms with E-state index in [9.17, 15) is 0 Å². The van der Waals surface area contributed by atoms with Gasteiger partial charge < -0.3 is 0 Å². The average molecular weight is 214 g/mol. The molecule has 0 unspecified atom stereocenters. The third-order valence-corrected chi connectivity index (χ3v) is 3.45. The summed E-state index contributed by atoms with van der Waals surface area (Å²) in [6.07, 6.45) is 0. The number of hydrogen-bond donors (Lipinski definition) is 0. The van der Waals surface area contributed by atoms with Gasteiger partial charge in [0.1, 0.15) is 0 Å². The van der Waals surface area contributed by atoms with Crippen molar-refractivity contribution in [3.8, 4) is 0 Å². The van der Waals surface area contributed by atoms with Gasteiger partial charge in [0.05, 0.1) is 6.54 Å². The third kappa shape index (κ3) is 1.33. The highest BCUT2D eigenvalue weighted by atomic mass is 15.5. The Kier molecular flexibility index (Phi) is 2.02. The molecule has 2 heterocycles. The van der Waals surface area contributed by atoms with Crippen LogP contribution in [-0.4, -0.2) is 20.2 Å². The number of tetrazole rings is 1. The molecule has 4 heteroatoms. The largest absolute Gasteiger partial charge is 0.229 e. The van der Waals surface area contributed by atoms with Gasteiger partial charge in [-0.05, 0) is 22.9 Å². The molecule has 0 saturated carbocycles. The first kappa shape index (κ1) is 9.51. The second kappa shape index (κ2) is 3.40. The minimum absolute atomic E-state index is 0.401. The first-order valence-corrected chi connectivity index (χ1v) is 5.58. The van der Waals surface area contributed by atoms with Gasteiger partial charge in [-0.2, -0.15) is 0 Å². The third-order valence-electron chi connectivity index (χ3n) is 3.45. The van der Waals surface area contributed by atoms with Crippen LogP contribution in [-0.2, 0) is 6.54 Å². The molecule has 3 rings (SSSR count). The zero-order valence-electron chi connectivity index (χ0n) is 9.46. The topological polar surface area (TPSA) is 43.6 Å². The summed E-state index contributed by atoms with van der Waals surface area (Å²) >= 11 is 0. The van der Waals surface area contributed by atoms with Gasteiger partial charge in [-0.1, -0.05) is 36.8 Å². The zero-order chi connectivity index (χ0) is 11.1. The van der Waals surface area contributed by atoms with E-state index in [1.807, 2.05) is 4.68 Å². The van der Waals surface area contributed by atoms with E-state index in [0.29, 0.717) is 11.8 Å². The van der Waals surface area contributed by atoms with Crippen molar-refractivity contribution < 1.29 is 0 Å². The van der Waals surface area contributed by atoms with Gasteiger partial charge in [0.25, 0.3) is 0 Å². The fourth-order valence-electron chi connectivity index (χ4n) is 2.40. The second-order valence-electron chi connectivity index (χ2n) is 4.53. The highest BCUT2D eigenvalue weighted by Crippen LogP contribution is 2.37. The lowest BCUT2D eigenvalue weighted by Crippen LogP contribution is -2.05. The summed E-state index contributed by atoms with van der Waals surface area (Å²) in [5.41, 5.74) is 2.66. The smallest absolute Gasteiger partial charge is 0.154 e. The van der Waals surface area contributed by atoms with Crippen molar-refractivity contribution in [3.05, 3.63) is 41.2 Å². The van der Waals surface area contributed by atoms with E-state index in [1.165, 1.54) is 11.1 Å². The van der Waals surface area contributed by atoms with Crippen molar-refractivity contribution >= 4 is 0 Å². The van der Waals surface area contributed by atoms with Crippen LogP contribution in [0.1, 0.15) is 35.7 Å². The highest BCUT2D eigenvalue weighted by molar-refractivity contribution is 5.28. The number of hydrogen-bond acceptors (Lipinski definition) is 3. The van der Waals surface area contributed by atoms with Crippen molar-refractivity contribution in [2.24, 2.45) is 0 Å². The molecule has 82 valence electrons. The van der Waals surface area contributed by atoms with E-state index < -0.39 is 0 Å². The molecule has 0 fully saturated rings. The number of aromatic nitrogens is 4. The van der Waals surface area contributed by atoms with Gasteiger partial charge in [0.2, 0.25) is 0 Å². The van der Waals surface area contributed by atoms with E-state index in [2.05, 4.69) is 53.6 Å². The lowest BCUT2D eigenvalue weighted by molar-refractivity contribution is 0.539. The summed E-state index contributed by atoms with van der Waals surface area (Å²) in [6.45, 7) is 5.20. The predicted molar refractivity (Wildman–Crippen MR) is 60.2 cm³/mol. The molecule has 2 aromatic rings. The van der Waals surface area contributed by atoms with Gasteiger partial charge in [-0.3, -0.25) is 0 Å². The number of nitrogens with zero attached hydrogens (tertiary/aromatic N) is 4. The predicted octanol–water partition coefficient (Wildman–Crippen LogP) is 1.88. The molecular formula is C12H14N4. The molecule has 1 aliphatic heterocycles. The number of rotatable bonds is 1. The van der Waals surface area contributed by atoms with Crippen molar-refractivity contribution in [1.29, 1.82) is 0 Å². The fourth-order valence-corrected chi connectivity index (χ4v) is 2.40.